The van der Waals surface area contributed by atoms with Crippen LogP contribution in [0.3, 0.4) is 0 Å². The molecule has 20 heavy (non-hydrogen) atoms. The Labute approximate surface area is 120 Å². The molecule has 0 aromatic heterocycles. The molecule has 1 rings (SSSR count). The van der Waals surface area contributed by atoms with Crippen molar-refractivity contribution in [1.82, 2.24) is 10.0 Å². The molecule has 0 aliphatic heterocycles. The van der Waals surface area contributed by atoms with Crippen LogP contribution in [0.15, 0.2) is 29.2 Å². The summed E-state index contributed by atoms with van der Waals surface area (Å²) in [5, 5.41) is 2.72. The van der Waals surface area contributed by atoms with Crippen LogP contribution in [0.4, 0.5) is 0 Å². The number of benzene rings is 1. The van der Waals surface area contributed by atoms with Crippen LogP contribution < -0.4 is 10.0 Å². The average Bonchev–Trinajstić information content (AvgIpc) is 2.43. The summed E-state index contributed by atoms with van der Waals surface area (Å²) in [6, 6.07) is 6.06. The van der Waals surface area contributed by atoms with Crippen LogP contribution in [0.1, 0.15) is 37.6 Å². The van der Waals surface area contributed by atoms with Gasteiger partial charge in [-0.25, -0.2) is 13.1 Å². The third-order valence-electron chi connectivity index (χ3n) is 2.62. The Morgan fingerprint density at radius 2 is 2.00 bits per heavy atom. The highest BCUT2D eigenvalue weighted by molar-refractivity contribution is 7.89. The van der Waals surface area contributed by atoms with E-state index in [0.29, 0.717) is 18.7 Å². The van der Waals surface area contributed by atoms with Gasteiger partial charge in [0.15, 0.2) is 0 Å². The minimum Gasteiger partial charge on any atom is -0.352 e. The van der Waals surface area contributed by atoms with Gasteiger partial charge in [-0.15, -0.1) is 0 Å². The number of sulfonamides is 1. The molecule has 112 valence electrons. The van der Waals surface area contributed by atoms with Crippen molar-refractivity contribution in [2.75, 3.05) is 13.1 Å². The molecule has 1 aromatic carbocycles. The first-order valence-corrected chi connectivity index (χ1v) is 8.23. The van der Waals surface area contributed by atoms with Gasteiger partial charge >= 0.3 is 0 Å². The van der Waals surface area contributed by atoms with Crippen molar-refractivity contribution in [3.05, 3.63) is 29.8 Å². The van der Waals surface area contributed by atoms with E-state index in [0.717, 1.165) is 6.42 Å². The van der Waals surface area contributed by atoms with Gasteiger partial charge in [0.2, 0.25) is 10.0 Å². The first kappa shape index (κ1) is 16.7. The second kappa shape index (κ2) is 7.40. The van der Waals surface area contributed by atoms with Crippen LogP contribution in [-0.2, 0) is 10.0 Å². The fraction of sp³-hybridized carbons (Fsp3) is 0.500. The van der Waals surface area contributed by atoms with Crippen molar-refractivity contribution in [3.8, 4) is 0 Å². The molecule has 0 heterocycles. The van der Waals surface area contributed by atoms with Crippen molar-refractivity contribution in [1.29, 1.82) is 0 Å². The van der Waals surface area contributed by atoms with Crippen LogP contribution in [0.25, 0.3) is 0 Å². The average molecular weight is 298 g/mol. The summed E-state index contributed by atoms with van der Waals surface area (Å²) in [6.45, 7) is 6.75. The van der Waals surface area contributed by atoms with Crippen LogP contribution in [0.5, 0.6) is 0 Å². The Morgan fingerprint density at radius 3 is 2.60 bits per heavy atom. The first-order chi connectivity index (χ1) is 9.36. The minimum absolute atomic E-state index is 0.113. The topological polar surface area (TPSA) is 75.3 Å². The highest BCUT2D eigenvalue weighted by atomic mass is 32.2. The molecule has 2 N–H and O–H groups in total. The second-order valence-electron chi connectivity index (χ2n) is 5.03. The third kappa shape index (κ3) is 4.94. The Morgan fingerprint density at radius 1 is 1.30 bits per heavy atom. The van der Waals surface area contributed by atoms with E-state index in [1.165, 1.54) is 12.1 Å². The number of carbonyl (C=O) groups excluding carboxylic acids is 1. The maximum atomic E-state index is 12.1. The SMILES string of the molecule is CCCNC(=O)c1cccc(S(=O)(=O)NCC(C)C)c1. The Balaban J connectivity index is 2.89. The van der Waals surface area contributed by atoms with E-state index in [4.69, 9.17) is 0 Å². The summed E-state index contributed by atoms with van der Waals surface area (Å²) in [7, 11) is -3.56. The molecule has 0 aliphatic carbocycles. The molecule has 0 atom stereocenters. The van der Waals surface area contributed by atoms with Gasteiger partial charge in [-0.2, -0.15) is 0 Å². The number of rotatable bonds is 7. The number of nitrogens with one attached hydrogen (secondary N) is 2. The zero-order valence-electron chi connectivity index (χ0n) is 12.1. The molecule has 5 nitrogen and oxygen atoms in total. The maximum Gasteiger partial charge on any atom is 0.251 e. The summed E-state index contributed by atoms with van der Waals surface area (Å²) in [5.74, 6) is -0.0337. The molecule has 0 fully saturated rings. The Hall–Kier alpha value is -1.40. The van der Waals surface area contributed by atoms with Gasteiger partial charge in [0.25, 0.3) is 5.91 Å². The molecule has 1 aromatic rings. The molecular weight excluding hydrogens is 276 g/mol. The summed E-state index contributed by atoms with van der Waals surface area (Å²) in [6.07, 6.45) is 0.833. The molecule has 0 spiro atoms. The van der Waals surface area contributed by atoms with Crippen molar-refractivity contribution < 1.29 is 13.2 Å². The quantitative estimate of drug-likeness (QED) is 0.805. The first-order valence-electron chi connectivity index (χ1n) is 6.74. The highest BCUT2D eigenvalue weighted by Crippen LogP contribution is 2.12. The molecular formula is C14H22N2O3S. The lowest BCUT2D eigenvalue weighted by molar-refractivity contribution is 0.0953. The largest absolute Gasteiger partial charge is 0.352 e. The maximum absolute atomic E-state index is 12.1. The molecule has 6 heteroatoms. The Kier molecular flexibility index (Phi) is 6.16. The van der Waals surface area contributed by atoms with Crippen molar-refractivity contribution >= 4 is 15.9 Å². The standard InChI is InChI=1S/C14H22N2O3S/c1-4-8-15-14(17)12-6-5-7-13(9-12)20(18,19)16-10-11(2)3/h5-7,9,11,16H,4,8,10H2,1-3H3,(H,15,17). The molecule has 1 amide bonds. The molecule has 0 bridgehead atoms. The van der Waals surface area contributed by atoms with E-state index < -0.39 is 10.0 Å². The van der Waals surface area contributed by atoms with Gasteiger partial charge in [-0.3, -0.25) is 4.79 Å². The predicted molar refractivity (Wildman–Crippen MR) is 79.1 cm³/mol. The summed E-state index contributed by atoms with van der Waals surface area (Å²) >= 11 is 0. The third-order valence-corrected chi connectivity index (χ3v) is 4.04. The lowest BCUT2D eigenvalue weighted by atomic mass is 10.2. The monoisotopic (exact) mass is 298 g/mol. The van der Waals surface area contributed by atoms with E-state index in [-0.39, 0.29) is 16.7 Å². The molecule has 0 saturated carbocycles. The van der Waals surface area contributed by atoms with E-state index in [9.17, 15) is 13.2 Å². The predicted octanol–water partition coefficient (Wildman–Crippen LogP) is 1.76. The fourth-order valence-corrected chi connectivity index (χ4v) is 2.76. The van der Waals surface area contributed by atoms with Crippen molar-refractivity contribution in [3.63, 3.8) is 0 Å². The van der Waals surface area contributed by atoms with E-state index in [2.05, 4.69) is 10.0 Å². The van der Waals surface area contributed by atoms with E-state index in [1.54, 1.807) is 12.1 Å². The smallest absolute Gasteiger partial charge is 0.251 e. The molecule has 0 saturated heterocycles. The number of amides is 1. The number of carbonyl (C=O) groups is 1. The number of hydrogen-bond acceptors (Lipinski definition) is 3. The fourth-order valence-electron chi connectivity index (χ4n) is 1.50. The van der Waals surface area contributed by atoms with Gasteiger partial charge in [0.05, 0.1) is 4.90 Å². The van der Waals surface area contributed by atoms with Crippen LogP contribution in [0.2, 0.25) is 0 Å². The molecule has 0 radical (unpaired) electrons. The summed E-state index contributed by atoms with van der Waals surface area (Å²) in [4.78, 5) is 11.9. The number of hydrogen-bond donors (Lipinski definition) is 2. The van der Waals surface area contributed by atoms with Gasteiger partial charge < -0.3 is 5.32 Å². The van der Waals surface area contributed by atoms with Gasteiger partial charge in [-0.1, -0.05) is 26.8 Å². The van der Waals surface area contributed by atoms with Crippen molar-refractivity contribution in [2.45, 2.75) is 32.1 Å². The lowest BCUT2D eigenvalue weighted by Crippen LogP contribution is -2.28. The van der Waals surface area contributed by atoms with Crippen LogP contribution in [-0.4, -0.2) is 27.4 Å². The molecule has 0 aliphatic rings. The van der Waals surface area contributed by atoms with Crippen LogP contribution >= 0.6 is 0 Å². The molecule has 0 unspecified atom stereocenters. The summed E-state index contributed by atoms with van der Waals surface area (Å²) < 4.78 is 26.7. The van der Waals surface area contributed by atoms with Gasteiger partial charge in [-0.05, 0) is 30.5 Å². The summed E-state index contributed by atoms with van der Waals surface area (Å²) in [5.41, 5.74) is 0.353. The van der Waals surface area contributed by atoms with Crippen molar-refractivity contribution in [2.24, 2.45) is 5.92 Å². The Bertz CT molecular complexity index is 553. The zero-order chi connectivity index (χ0) is 15.2. The lowest BCUT2D eigenvalue weighted by Gasteiger charge is -2.10. The minimum atomic E-state index is -3.56. The van der Waals surface area contributed by atoms with Gasteiger partial charge in [0.1, 0.15) is 0 Å². The van der Waals surface area contributed by atoms with Crippen LogP contribution in [0, 0.1) is 5.92 Å². The second-order valence-corrected chi connectivity index (χ2v) is 6.80. The van der Waals surface area contributed by atoms with E-state index in [1.807, 2.05) is 20.8 Å². The van der Waals surface area contributed by atoms with E-state index >= 15 is 0 Å². The normalized spacial score (nSPS) is 11.6. The van der Waals surface area contributed by atoms with Gasteiger partial charge in [0, 0.05) is 18.7 Å². The highest BCUT2D eigenvalue weighted by Gasteiger charge is 2.16. The zero-order valence-corrected chi connectivity index (χ0v) is 13.0.